The molecule has 1 heterocycles. The molecule has 0 radical (unpaired) electrons. The molecule has 0 spiro atoms. The standard InChI is InChI=1S/C11H18O5/c1-6(2)5-7(9(12)13)8-10(14)16-11(3,4)15-8/h6-8H,5H2,1-4H3,(H,12,13). The van der Waals surface area contributed by atoms with E-state index in [1.165, 1.54) is 0 Å². The lowest BCUT2D eigenvalue weighted by molar-refractivity contribution is -0.164. The van der Waals surface area contributed by atoms with Crippen molar-refractivity contribution in [1.29, 1.82) is 0 Å². The number of carboxylic acids is 1. The van der Waals surface area contributed by atoms with Gasteiger partial charge in [0.25, 0.3) is 0 Å². The number of aliphatic carboxylic acids is 1. The third-order valence-electron chi connectivity index (χ3n) is 2.40. The van der Waals surface area contributed by atoms with Crippen LogP contribution in [0.3, 0.4) is 0 Å². The summed E-state index contributed by atoms with van der Waals surface area (Å²) in [6, 6.07) is 0. The van der Waals surface area contributed by atoms with Gasteiger partial charge >= 0.3 is 11.9 Å². The third-order valence-corrected chi connectivity index (χ3v) is 2.40. The summed E-state index contributed by atoms with van der Waals surface area (Å²) in [4.78, 5) is 22.6. The summed E-state index contributed by atoms with van der Waals surface area (Å²) in [5.74, 6) is -3.28. The normalized spacial score (nSPS) is 25.6. The number of carbonyl (C=O) groups excluding carboxylic acids is 1. The van der Waals surface area contributed by atoms with Gasteiger partial charge in [-0.3, -0.25) is 4.79 Å². The molecular weight excluding hydrogens is 212 g/mol. The van der Waals surface area contributed by atoms with Crippen LogP contribution in [0.2, 0.25) is 0 Å². The van der Waals surface area contributed by atoms with Crippen LogP contribution >= 0.6 is 0 Å². The van der Waals surface area contributed by atoms with Crippen LogP contribution in [0.4, 0.5) is 0 Å². The minimum Gasteiger partial charge on any atom is -0.481 e. The Morgan fingerprint density at radius 2 is 2.06 bits per heavy atom. The monoisotopic (exact) mass is 230 g/mol. The van der Waals surface area contributed by atoms with Crippen LogP contribution in [0.1, 0.15) is 34.1 Å². The molecule has 0 aliphatic carbocycles. The molecule has 1 aliphatic rings. The number of esters is 1. The first-order valence-corrected chi connectivity index (χ1v) is 5.36. The number of hydrogen-bond donors (Lipinski definition) is 1. The first-order valence-electron chi connectivity index (χ1n) is 5.36. The van der Waals surface area contributed by atoms with Crippen LogP contribution in [-0.4, -0.2) is 28.9 Å². The van der Waals surface area contributed by atoms with Crippen molar-refractivity contribution < 1.29 is 24.2 Å². The van der Waals surface area contributed by atoms with Gasteiger partial charge < -0.3 is 14.6 Å². The number of rotatable bonds is 4. The SMILES string of the molecule is CC(C)CC(C(=O)O)C1OC(C)(C)OC1=O. The molecule has 0 aromatic heterocycles. The molecule has 5 heteroatoms. The molecule has 0 saturated carbocycles. The van der Waals surface area contributed by atoms with E-state index in [0.717, 1.165) is 0 Å². The van der Waals surface area contributed by atoms with E-state index in [2.05, 4.69) is 0 Å². The molecule has 1 aliphatic heterocycles. The number of cyclic esters (lactones) is 1. The van der Waals surface area contributed by atoms with E-state index in [1.807, 2.05) is 13.8 Å². The van der Waals surface area contributed by atoms with Gasteiger partial charge in [-0.15, -0.1) is 0 Å². The van der Waals surface area contributed by atoms with Crippen molar-refractivity contribution in [3.63, 3.8) is 0 Å². The number of ether oxygens (including phenoxy) is 2. The van der Waals surface area contributed by atoms with E-state index in [0.29, 0.717) is 6.42 Å². The Bertz CT molecular complexity index is 295. The molecule has 2 unspecified atom stereocenters. The largest absolute Gasteiger partial charge is 0.481 e. The maximum Gasteiger partial charge on any atom is 0.338 e. The third kappa shape index (κ3) is 2.95. The van der Waals surface area contributed by atoms with Crippen molar-refractivity contribution >= 4 is 11.9 Å². The summed E-state index contributed by atoms with van der Waals surface area (Å²) < 4.78 is 10.3. The molecule has 0 aromatic carbocycles. The lowest BCUT2D eigenvalue weighted by Gasteiger charge is -2.20. The lowest BCUT2D eigenvalue weighted by Crippen LogP contribution is -2.34. The van der Waals surface area contributed by atoms with Crippen molar-refractivity contribution in [3.8, 4) is 0 Å². The van der Waals surface area contributed by atoms with Crippen LogP contribution in [-0.2, 0) is 19.1 Å². The Morgan fingerprint density at radius 1 is 1.50 bits per heavy atom. The average Bonchev–Trinajstić information content (AvgIpc) is 2.34. The van der Waals surface area contributed by atoms with Crippen molar-refractivity contribution in [3.05, 3.63) is 0 Å². The molecule has 0 aromatic rings. The maximum atomic E-state index is 11.5. The van der Waals surface area contributed by atoms with Crippen molar-refractivity contribution in [2.24, 2.45) is 11.8 Å². The average molecular weight is 230 g/mol. The Labute approximate surface area is 94.7 Å². The zero-order chi connectivity index (χ0) is 12.5. The summed E-state index contributed by atoms with van der Waals surface area (Å²) in [7, 11) is 0. The summed E-state index contributed by atoms with van der Waals surface area (Å²) in [6.07, 6.45) is -0.597. The fourth-order valence-electron chi connectivity index (χ4n) is 1.79. The van der Waals surface area contributed by atoms with Gasteiger partial charge in [0.1, 0.15) is 0 Å². The van der Waals surface area contributed by atoms with E-state index < -0.39 is 29.7 Å². The number of hydrogen-bond acceptors (Lipinski definition) is 4. The minimum absolute atomic E-state index is 0.182. The highest BCUT2D eigenvalue weighted by molar-refractivity contribution is 5.84. The molecule has 0 amide bonds. The summed E-state index contributed by atoms with van der Waals surface area (Å²) >= 11 is 0. The van der Waals surface area contributed by atoms with Crippen LogP contribution in [0.5, 0.6) is 0 Å². The molecule has 16 heavy (non-hydrogen) atoms. The van der Waals surface area contributed by atoms with E-state index in [1.54, 1.807) is 13.8 Å². The zero-order valence-corrected chi connectivity index (χ0v) is 10.0. The predicted octanol–water partition coefficient (Wildman–Crippen LogP) is 1.41. The molecule has 1 saturated heterocycles. The topological polar surface area (TPSA) is 72.8 Å². The van der Waals surface area contributed by atoms with Gasteiger partial charge in [-0.2, -0.15) is 0 Å². The predicted molar refractivity (Wildman–Crippen MR) is 55.6 cm³/mol. The van der Waals surface area contributed by atoms with Crippen molar-refractivity contribution in [2.75, 3.05) is 0 Å². The molecular formula is C11H18O5. The van der Waals surface area contributed by atoms with Crippen LogP contribution in [0, 0.1) is 11.8 Å². The fraction of sp³-hybridized carbons (Fsp3) is 0.818. The van der Waals surface area contributed by atoms with Crippen molar-refractivity contribution in [2.45, 2.75) is 46.0 Å². The zero-order valence-electron chi connectivity index (χ0n) is 10.0. The van der Waals surface area contributed by atoms with Gasteiger partial charge in [-0.1, -0.05) is 13.8 Å². The number of carbonyl (C=O) groups is 2. The summed E-state index contributed by atoms with van der Waals surface area (Å²) in [6.45, 7) is 7.00. The molecule has 5 nitrogen and oxygen atoms in total. The molecule has 1 N–H and O–H groups in total. The Kier molecular flexibility index (Phi) is 3.57. The molecule has 1 rings (SSSR count). The van der Waals surface area contributed by atoms with Gasteiger partial charge in [0.05, 0.1) is 5.92 Å². The van der Waals surface area contributed by atoms with E-state index in [-0.39, 0.29) is 5.92 Å². The highest BCUT2D eigenvalue weighted by Gasteiger charge is 2.47. The fourth-order valence-corrected chi connectivity index (χ4v) is 1.79. The second-order valence-corrected chi connectivity index (χ2v) is 4.93. The molecule has 1 fully saturated rings. The quantitative estimate of drug-likeness (QED) is 0.739. The minimum atomic E-state index is -1.02. The Balaban J connectivity index is 2.80. The highest BCUT2D eigenvalue weighted by Crippen LogP contribution is 2.31. The van der Waals surface area contributed by atoms with Crippen molar-refractivity contribution in [1.82, 2.24) is 0 Å². The molecule has 2 atom stereocenters. The number of carboxylic acid groups (broad SMARTS) is 1. The Hall–Kier alpha value is -1.10. The maximum absolute atomic E-state index is 11.5. The first kappa shape index (κ1) is 13.0. The van der Waals surface area contributed by atoms with E-state index >= 15 is 0 Å². The highest BCUT2D eigenvalue weighted by atomic mass is 16.8. The van der Waals surface area contributed by atoms with Gasteiger partial charge in [-0.05, 0) is 12.3 Å². The second kappa shape index (κ2) is 4.41. The first-order chi connectivity index (χ1) is 7.23. The van der Waals surface area contributed by atoms with Gasteiger partial charge in [0, 0.05) is 13.8 Å². The van der Waals surface area contributed by atoms with E-state index in [4.69, 9.17) is 14.6 Å². The lowest BCUT2D eigenvalue weighted by atomic mass is 9.92. The van der Waals surface area contributed by atoms with Crippen LogP contribution < -0.4 is 0 Å². The second-order valence-electron chi connectivity index (χ2n) is 4.93. The molecule has 92 valence electrons. The summed E-state index contributed by atoms with van der Waals surface area (Å²) in [5.41, 5.74) is 0. The van der Waals surface area contributed by atoms with Crippen LogP contribution in [0.15, 0.2) is 0 Å². The Morgan fingerprint density at radius 3 is 2.38 bits per heavy atom. The van der Waals surface area contributed by atoms with Gasteiger partial charge in [0.2, 0.25) is 5.79 Å². The van der Waals surface area contributed by atoms with Gasteiger partial charge in [-0.25, -0.2) is 4.79 Å². The van der Waals surface area contributed by atoms with Gasteiger partial charge in [0.15, 0.2) is 6.10 Å². The molecule has 0 bridgehead atoms. The smallest absolute Gasteiger partial charge is 0.338 e. The van der Waals surface area contributed by atoms with Crippen LogP contribution in [0.25, 0.3) is 0 Å². The summed E-state index contributed by atoms with van der Waals surface area (Å²) in [5, 5.41) is 9.08. The van der Waals surface area contributed by atoms with E-state index in [9.17, 15) is 9.59 Å².